The SMILES string of the molecule is CSCCC(NC(=O)/C=C/c1ccc(C)c(Cl)c1)c1nnc2ccccn12. The summed E-state index contributed by atoms with van der Waals surface area (Å²) in [6, 6.07) is 11.2. The number of pyridine rings is 1. The van der Waals surface area contributed by atoms with Crippen molar-refractivity contribution in [1.82, 2.24) is 19.9 Å². The zero-order valence-corrected chi connectivity index (χ0v) is 16.8. The average molecular weight is 401 g/mol. The summed E-state index contributed by atoms with van der Waals surface area (Å²) in [4.78, 5) is 12.5. The molecule has 0 aliphatic heterocycles. The molecule has 140 valence electrons. The quantitative estimate of drug-likeness (QED) is 0.600. The Kier molecular flexibility index (Phi) is 6.53. The van der Waals surface area contributed by atoms with Gasteiger partial charge in [-0.05, 0) is 60.8 Å². The highest BCUT2D eigenvalue weighted by atomic mass is 35.5. The average Bonchev–Trinajstić information content (AvgIpc) is 3.10. The van der Waals surface area contributed by atoms with Crippen LogP contribution >= 0.6 is 23.4 Å². The van der Waals surface area contributed by atoms with Crippen LogP contribution in [0.5, 0.6) is 0 Å². The first kappa shape index (κ1) is 19.5. The molecule has 0 bridgehead atoms. The molecule has 0 aliphatic rings. The highest BCUT2D eigenvalue weighted by molar-refractivity contribution is 7.98. The summed E-state index contributed by atoms with van der Waals surface area (Å²) in [5.74, 6) is 1.47. The molecule has 1 atom stereocenters. The van der Waals surface area contributed by atoms with E-state index in [1.807, 2.05) is 60.2 Å². The van der Waals surface area contributed by atoms with Gasteiger partial charge in [-0.2, -0.15) is 11.8 Å². The summed E-state index contributed by atoms with van der Waals surface area (Å²) >= 11 is 7.87. The molecule has 7 heteroatoms. The second-order valence-electron chi connectivity index (χ2n) is 6.17. The Morgan fingerprint density at radius 2 is 2.19 bits per heavy atom. The standard InChI is InChI=1S/C20H21ClN4OS/c1-14-6-7-15(13-16(14)21)8-9-19(26)22-17(10-12-27-2)20-24-23-18-5-3-4-11-25(18)20/h3-9,11,13,17H,10,12H2,1-2H3,(H,22,26)/b9-8+. The number of hydrogen-bond acceptors (Lipinski definition) is 4. The molecule has 1 unspecified atom stereocenters. The van der Waals surface area contributed by atoms with Gasteiger partial charge in [0.15, 0.2) is 11.5 Å². The van der Waals surface area contributed by atoms with Gasteiger partial charge in [0, 0.05) is 17.3 Å². The van der Waals surface area contributed by atoms with Gasteiger partial charge in [-0.1, -0.05) is 29.8 Å². The van der Waals surface area contributed by atoms with Crippen molar-refractivity contribution >= 4 is 41.0 Å². The Morgan fingerprint density at radius 1 is 1.33 bits per heavy atom. The second-order valence-corrected chi connectivity index (χ2v) is 7.56. The van der Waals surface area contributed by atoms with E-state index in [-0.39, 0.29) is 11.9 Å². The van der Waals surface area contributed by atoms with Gasteiger partial charge in [-0.15, -0.1) is 10.2 Å². The lowest BCUT2D eigenvalue weighted by molar-refractivity contribution is -0.117. The van der Waals surface area contributed by atoms with Gasteiger partial charge in [-0.25, -0.2) is 0 Å². The van der Waals surface area contributed by atoms with E-state index in [9.17, 15) is 4.79 Å². The maximum atomic E-state index is 12.5. The van der Waals surface area contributed by atoms with Crippen LogP contribution in [0.15, 0.2) is 48.7 Å². The number of aryl methyl sites for hydroxylation is 1. The van der Waals surface area contributed by atoms with Crippen molar-refractivity contribution < 1.29 is 4.79 Å². The molecule has 0 saturated carbocycles. The molecule has 1 amide bonds. The van der Waals surface area contributed by atoms with Crippen LogP contribution in [-0.2, 0) is 4.79 Å². The summed E-state index contributed by atoms with van der Waals surface area (Å²) in [5, 5.41) is 12.2. The Balaban J connectivity index is 1.76. The number of benzene rings is 1. The molecule has 3 aromatic rings. The lowest BCUT2D eigenvalue weighted by Gasteiger charge is -2.16. The molecule has 1 aromatic carbocycles. The minimum Gasteiger partial charge on any atom is -0.342 e. The predicted molar refractivity (Wildman–Crippen MR) is 112 cm³/mol. The molecule has 0 spiro atoms. The number of amides is 1. The van der Waals surface area contributed by atoms with Crippen molar-refractivity contribution in [2.45, 2.75) is 19.4 Å². The van der Waals surface area contributed by atoms with E-state index in [4.69, 9.17) is 11.6 Å². The predicted octanol–water partition coefficient (Wildman–Crippen LogP) is 4.31. The zero-order valence-electron chi connectivity index (χ0n) is 15.2. The fraction of sp³-hybridized carbons (Fsp3) is 0.250. The van der Waals surface area contributed by atoms with Crippen molar-refractivity contribution in [3.8, 4) is 0 Å². The van der Waals surface area contributed by atoms with E-state index in [0.29, 0.717) is 5.02 Å². The topological polar surface area (TPSA) is 59.3 Å². The molecule has 27 heavy (non-hydrogen) atoms. The van der Waals surface area contributed by atoms with Crippen LogP contribution in [0, 0.1) is 6.92 Å². The van der Waals surface area contributed by atoms with Crippen LogP contribution in [-0.4, -0.2) is 32.5 Å². The maximum absolute atomic E-state index is 12.5. The number of aromatic nitrogens is 3. The summed E-state index contributed by atoms with van der Waals surface area (Å²) < 4.78 is 1.91. The van der Waals surface area contributed by atoms with Crippen molar-refractivity contribution in [2.75, 3.05) is 12.0 Å². The van der Waals surface area contributed by atoms with E-state index < -0.39 is 0 Å². The van der Waals surface area contributed by atoms with Crippen molar-refractivity contribution in [3.05, 3.63) is 70.6 Å². The van der Waals surface area contributed by atoms with E-state index in [2.05, 4.69) is 15.5 Å². The van der Waals surface area contributed by atoms with E-state index in [0.717, 1.165) is 34.8 Å². The normalized spacial score (nSPS) is 12.6. The lowest BCUT2D eigenvalue weighted by atomic mass is 10.1. The number of rotatable bonds is 7. The van der Waals surface area contributed by atoms with Crippen LogP contribution in [0.25, 0.3) is 11.7 Å². The summed E-state index contributed by atoms with van der Waals surface area (Å²) in [6.45, 7) is 1.95. The fourth-order valence-corrected chi connectivity index (χ4v) is 3.36. The largest absolute Gasteiger partial charge is 0.342 e. The zero-order chi connectivity index (χ0) is 19.2. The fourth-order valence-electron chi connectivity index (χ4n) is 2.70. The molecule has 0 fully saturated rings. The Labute approximate surface area is 167 Å². The Hall–Kier alpha value is -2.31. The smallest absolute Gasteiger partial charge is 0.244 e. The van der Waals surface area contributed by atoms with Gasteiger partial charge in [-0.3, -0.25) is 9.20 Å². The van der Waals surface area contributed by atoms with E-state index in [1.165, 1.54) is 6.08 Å². The lowest BCUT2D eigenvalue weighted by Crippen LogP contribution is -2.29. The van der Waals surface area contributed by atoms with Crippen LogP contribution < -0.4 is 5.32 Å². The molecular weight excluding hydrogens is 380 g/mol. The highest BCUT2D eigenvalue weighted by Crippen LogP contribution is 2.19. The van der Waals surface area contributed by atoms with Crippen molar-refractivity contribution in [1.29, 1.82) is 0 Å². The number of nitrogens with zero attached hydrogens (tertiary/aromatic N) is 3. The molecule has 0 saturated heterocycles. The summed E-state index contributed by atoms with van der Waals surface area (Å²) in [6.07, 6.45) is 8.01. The summed E-state index contributed by atoms with van der Waals surface area (Å²) in [5.41, 5.74) is 2.66. The third kappa shape index (κ3) is 4.90. The number of halogens is 1. The highest BCUT2D eigenvalue weighted by Gasteiger charge is 2.19. The number of thioether (sulfide) groups is 1. The van der Waals surface area contributed by atoms with Crippen LogP contribution in [0.4, 0.5) is 0 Å². The van der Waals surface area contributed by atoms with Gasteiger partial charge in [0.2, 0.25) is 5.91 Å². The molecule has 1 N–H and O–H groups in total. The molecule has 5 nitrogen and oxygen atoms in total. The van der Waals surface area contributed by atoms with Gasteiger partial charge in [0.1, 0.15) is 0 Å². The Morgan fingerprint density at radius 3 is 2.96 bits per heavy atom. The minimum absolute atomic E-state index is 0.175. The van der Waals surface area contributed by atoms with Crippen LogP contribution in [0.1, 0.15) is 29.4 Å². The van der Waals surface area contributed by atoms with Crippen LogP contribution in [0.3, 0.4) is 0 Å². The first-order chi connectivity index (χ1) is 13.1. The van der Waals surface area contributed by atoms with E-state index in [1.54, 1.807) is 17.8 Å². The molecular formula is C20H21ClN4OS. The van der Waals surface area contributed by atoms with E-state index >= 15 is 0 Å². The number of hydrogen-bond donors (Lipinski definition) is 1. The summed E-state index contributed by atoms with van der Waals surface area (Å²) in [7, 11) is 0. The monoisotopic (exact) mass is 400 g/mol. The second kappa shape index (κ2) is 9.06. The first-order valence-electron chi connectivity index (χ1n) is 8.62. The Bertz CT molecular complexity index is 970. The van der Waals surface area contributed by atoms with Crippen LogP contribution in [0.2, 0.25) is 5.02 Å². The molecule has 2 aromatic heterocycles. The van der Waals surface area contributed by atoms with Crippen molar-refractivity contribution in [3.63, 3.8) is 0 Å². The van der Waals surface area contributed by atoms with Gasteiger partial charge in [0.25, 0.3) is 0 Å². The number of carbonyl (C=O) groups is 1. The van der Waals surface area contributed by atoms with Crippen molar-refractivity contribution in [2.24, 2.45) is 0 Å². The molecule has 0 aliphatic carbocycles. The minimum atomic E-state index is -0.214. The van der Waals surface area contributed by atoms with Gasteiger partial charge >= 0.3 is 0 Å². The number of fused-ring (bicyclic) bond motifs is 1. The third-order valence-electron chi connectivity index (χ3n) is 4.20. The molecule has 2 heterocycles. The maximum Gasteiger partial charge on any atom is 0.244 e. The van der Waals surface area contributed by atoms with Gasteiger partial charge in [0.05, 0.1) is 6.04 Å². The molecule has 0 radical (unpaired) electrons. The number of carbonyl (C=O) groups excluding carboxylic acids is 1. The number of nitrogens with one attached hydrogen (secondary N) is 1. The van der Waals surface area contributed by atoms with Gasteiger partial charge < -0.3 is 5.32 Å². The first-order valence-corrected chi connectivity index (χ1v) is 10.4. The molecule has 3 rings (SSSR count). The third-order valence-corrected chi connectivity index (χ3v) is 5.25.